The zero-order valence-electron chi connectivity index (χ0n) is 15.1. The Morgan fingerprint density at radius 2 is 2.15 bits per heavy atom. The van der Waals surface area contributed by atoms with Gasteiger partial charge in [-0.1, -0.05) is 25.4 Å². The van der Waals surface area contributed by atoms with Crippen LogP contribution in [0.15, 0.2) is 41.0 Å². The van der Waals surface area contributed by atoms with Gasteiger partial charge in [0.2, 0.25) is 5.88 Å². The van der Waals surface area contributed by atoms with E-state index < -0.39 is 5.92 Å². The minimum absolute atomic E-state index is 0.0316. The zero-order valence-corrected chi connectivity index (χ0v) is 15.8. The number of ether oxygens (including phenoxy) is 2. The van der Waals surface area contributed by atoms with Gasteiger partial charge in [-0.25, -0.2) is 0 Å². The molecule has 2 N–H and O–H groups in total. The van der Waals surface area contributed by atoms with Crippen molar-refractivity contribution in [3.05, 3.63) is 51.6 Å². The van der Waals surface area contributed by atoms with Crippen LogP contribution in [0.3, 0.4) is 0 Å². The van der Waals surface area contributed by atoms with Crippen molar-refractivity contribution < 1.29 is 14.3 Å². The Kier molecular flexibility index (Phi) is 4.72. The number of carbonyl (C=O) groups excluding carboxylic acids is 1. The van der Waals surface area contributed by atoms with Crippen molar-refractivity contribution in [1.29, 1.82) is 5.26 Å². The molecule has 0 radical (unpaired) electrons. The number of hydrogen-bond donors (Lipinski definition) is 1. The van der Waals surface area contributed by atoms with Crippen molar-refractivity contribution >= 4 is 17.4 Å². The van der Waals surface area contributed by atoms with Crippen LogP contribution in [-0.2, 0) is 9.53 Å². The van der Waals surface area contributed by atoms with Crippen LogP contribution in [-0.4, -0.2) is 12.4 Å². The number of halogens is 1. The molecule has 1 aromatic carbocycles. The van der Waals surface area contributed by atoms with Gasteiger partial charge in [-0.05, 0) is 30.5 Å². The summed E-state index contributed by atoms with van der Waals surface area (Å²) in [6.45, 7) is 6.35. The molecule has 1 unspecified atom stereocenters. The molecule has 136 valence electrons. The number of carbonyl (C=O) groups is 1. The first kappa shape index (κ1) is 18.3. The van der Waals surface area contributed by atoms with E-state index in [1.807, 2.05) is 20.8 Å². The fourth-order valence-corrected chi connectivity index (χ4v) is 3.81. The molecule has 0 saturated heterocycles. The van der Waals surface area contributed by atoms with Gasteiger partial charge < -0.3 is 15.2 Å². The van der Waals surface area contributed by atoms with E-state index in [2.05, 4.69) is 6.07 Å². The average Bonchev–Trinajstić information content (AvgIpc) is 2.54. The Morgan fingerprint density at radius 1 is 1.42 bits per heavy atom. The molecule has 26 heavy (non-hydrogen) atoms. The van der Waals surface area contributed by atoms with E-state index in [1.165, 1.54) is 0 Å². The Bertz CT molecular complexity index is 878. The third-order valence-electron chi connectivity index (χ3n) is 4.66. The Morgan fingerprint density at radius 3 is 2.81 bits per heavy atom. The summed E-state index contributed by atoms with van der Waals surface area (Å²) in [5.74, 6) is 0.477. The Labute approximate surface area is 158 Å². The molecular weight excluding hydrogens is 352 g/mol. The Balaban J connectivity index is 2.24. The minimum Gasteiger partial charge on any atom is -0.494 e. The monoisotopic (exact) mass is 372 g/mol. The second-order valence-corrected chi connectivity index (χ2v) is 7.75. The number of nitrogens with zero attached hydrogens (tertiary/aromatic N) is 1. The number of nitriles is 1. The highest BCUT2D eigenvalue weighted by Gasteiger charge is 2.43. The van der Waals surface area contributed by atoms with Gasteiger partial charge in [0, 0.05) is 29.0 Å². The van der Waals surface area contributed by atoms with Gasteiger partial charge in [-0.15, -0.1) is 0 Å². The molecule has 5 nitrogen and oxygen atoms in total. The van der Waals surface area contributed by atoms with Crippen LogP contribution in [0.25, 0.3) is 0 Å². The maximum absolute atomic E-state index is 13.0. The molecule has 1 heterocycles. The Hall–Kier alpha value is -2.45. The lowest BCUT2D eigenvalue weighted by Crippen LogP contribution is -2.33. The van der Waals surface area contributed by atoms with Crippen molar-refractivity contribution in [1.82, 2.24) is 0 Å². The predicted molar refractivity (Wildman–Crippen MR) is 98.3 cm³/mol. The molecule has 1 aromatic rings. The molecule has 1 aliphatic heterocycles. The molecular formula is C20H21ClN2O3. The molecule has 1 atom stereocenters. The number of benzene rings is 1. The highest BCUT2D eigenvalue weighted by molar-refractivity contribution is 6.30. The summed E-state index contributed by atoms with van der Waals surface area (Å²) >= 11 is 6.20. The quantitative estimate of drug-likeness (QED) is 0.859. The van der Waals surface area contributed by atoms with Crippen LogP contribution in [0.4, 0.5) is 0 Å². The van der Waals surface area contributed by atoms with Gasteiger partial charge in [0.1, 0.15) is 23.2 Å². The smallest absolute Gasteiger partial charge is 0.205 e. The second kappa shape index (κ2) is 6.69. The fourth-order valence-electron chi connectivity index (χ4n) is 3.63. The van der Waals surface area contributed by atoms with Gasteiger partial charge in [0.25, 0.3) is 0 Å². The maximum Gasteiger partial charge on any atom is 0.205 e. The third-order valence-corrected chi connectivity index (χ3v) is 4.89. The normalized spacial score (nSPS) is 21.8. The van der Waals surface area contributed by atoms with Crippen LogP contribution in [0.5, 0.6) is 5.75 Å². The van der Waals surface area contributed by atoms with Crippen LogP contribution < -0.4 is 10.5 Å². The molecule has 0 fully saturated rings. The maximum atomic E-state index is 13.0. The molecule has 3 rings (SSSR count). The third kappa shape index (κ3) is 3.17. The number of rotatable bonds is 3. The lowest BCUT2D eigenvalue weighted by atomic mass is 9.70. The van der Waals surface area contributed by atoms with Crippen LogP contribution in [0.2, 0.25) is 5.02 Å². The first-order valence-corrected chi connectivity index (χ1v) is 8.91. The van der Waals surface area contributed by atoms with Crippen molar-refractivity contribution in [2.45, 2.75) is 39.5 Å². The molecule has 0 spiro atoms. The summed E-state index contributed by atoms with van der Waals surface area (Å²) in [7, 11) is 0. The summed E-state index contributed by atoms with van der Waals surface area (Å²) in [6, 6.07) is 7.30. The van der Waals surface area contributed by atoms with Crippen LogP contribution in [0.1, 0.15) is 45.1 Å². The molecule has 6 heteroatoms. The van der Waals surface area contributed by atoms with Crippen LogP contribution in [0, 0.1) is 16.7 Å². The number of Topliss-reactive ketones (excluding diaryl/α,β-unsaturated/α-hetero) is 1. The summed E-state index contributed by atoms with van der Waals surface area (Å²) in [5, 5.41) is 10.2. The molecule has 0 amide bonds. The van der Waals surface area contributed by atoms with Crippen molar-refractivity contribution in [3.63, 3.8) is 0 Å². The van der Waals surface area contributed by atoms with Gasteiger partial charge >= 0.3 is 0 Å². The molecule has 0 bridgehead atoms. The summed E-state index contributed by atoms with van der Waals surface area (Å²) < 4.78 is 11.4. The first-order valence-electron chi connectivity index (χ1n) is 8.53. The number of hydrogen-bond acceptors (Lipinski definition) is 5. The van der Waals surface area contributed by atoms with E-state index in [1.54, 1.807) is 18.2 Å². The summed E-state index contributed by atoms with van der Waals surface area (Å²) in [5.41, 5.74) is 7.16. The average molecular weight is 373 g/mol. The molecule has 1 aliphatic carbocycles. The molecule has 0 saturated carbocycles. The van der Waals surface area contributed by atoms with E-state index in [-0.39, 0.29) is 22.7 Å². The predicted octanol–water partition coefficient (Wildman–Crippen LogP) is 4.19. The molecule has 0 aromatic heterocycles. The standard InChI is InChI=1S/C20H21ClN2O3/c1-4-25-15-6-5-11(21)7-12(15)17-13(10-22)19(23)26-16-9-20(2,3)8-14(24)18(16)17/h5-7,17H,4,8-9,23H2,1-3H3. The van der Waals surface area contributed by atoms with Crippen molar-refractivity contribution in [2.24, 2.45) is 11.1 Å². The van der Waals surface area contributed by atoms with Crippen LogP contribution >= 0.6 is 11.6 Å². The van der Waals surface area contributed by atoms with Gasteiger partial charge in [-0.3, -0.25) is 4.79 Å². The van der Waals surface area contributed by atoms with E-state index in [9.17, 15) is 10.1 Å². The van der Waals surface area contributed by atoms with Gasteiger partial charge in [0.05, 0.1) is 12.5 Å². The van der Waals surface area contributed by atoms with E-state index in [0.29, 0.717) is 47.1 Å². The highest BCUT2D eigenvalue weighted by Crippen LogP contribution is 2.49. The fraction of sp³-hybridized carbons (Fsp3) is 0.400. The highest BCUT2D eigenvalue weighted by atomic mass is 35.5. The zero-order chi connectivity index (χ0) is 19.1. The van der Waals surface area contributed by atoms with Crippen molar-refractivity contribution in [3.8, 4) is 11.8 Å². The molecule has 2 aliphatic rings. The number of allylic oxidation sites excluding steroid dienone is 3. The second-order valence-electron chi connectivity index (χ2n) is 7.32. The number of ketones is 1. The van der Waals surface area contributed by atoms with E-state index in [4.69, 9.17) is 26.8 Å². The van der Waals surface area contributed by atoms with Gasteiger partial charge in [0.15, 0.2) is 5.78 Å². The van der Waals surface area contributed by atoms with E-state index >= 15 is 0 Å². The lowest BCUT2D eigenvalue weighted by Gasteiger charge is -2.37. The number of nitrogens with two attached hydrogens (primary N) is 1. The van der Waals surface area contributed by atoms with E-state index in [0.717, 1.165) is 0 Å². The first-order chi connectivity index (χ1) is 12.3. The topological polar surface area (TPSA) is 85.3 Å². The van der Waals surface area contributed by atoms with Crippen molar-refractivity contribution in [2.75, 3.05) is 6.61 Å². The van der Waals surface area contributed by atoms with Gasteiger partial charge in [-0.2, -0.15) is 5.26 Å². The summed E-state index contributed by atoms with van der Waals surface area (Å²) in [4.78, 5) is 13.0. The lowest BCUT2D eigenvalue weighted by molar-refractivity contribution is -0.119. The largest absolute Gasteiger partial charge is 0.494 e. The summed E-state index contributed by atoms with van der Waals surface area (Å²) in [6.07, 6.45) is 0.962. The SMILES string of the molecule is CCOc1ccc(Cl)cc1C1C(C#N)=C(N)OC2=C1C(=O)CC(C)(C)C2. The minimum atomic E-state index is -0.632.